The molecule has 2 heterocycles. The summed E-state index contributed by atoms with van der Waals surface area (Å²) in [7, 11) is 0. The highest BCUT2D eigenvalue weighted by Crippen LogP contribution is 2.19. The minimum absolute atomic E-state index is 0.145. The van der Waals surface area contributed by atoms with Gasteiger partial charge in [-0.3, -0.25) is 0 Å². The first-order valence-corrected chi connectivity index (χ1v) is 6.53. The van der Waals surface area contributed by atoms with Crippen LogP contribution in [-0.2, 0) is 0 Å². The molecular formula is C14H17N3O2. The van der Waals surface area contributed by atoms with Crippen LogP contribution in [0.5, 0.6) is 0 Å². The maximum Gasteiger partial charge on any atom is 0.321 e. The van der Waals surface area contributed by atoms with Crippen LogP contribution in [0.4, 0.5) is 10.5 Å². The van der Waals surface area contributed by atoms with Crippen molar-refractivity contribution in [3.05, 3.63) is 30.5 Å². The number of carbonyl (C=O) groups excluding carboxylic acids is 1. The summed E-state index contributed by atoms with van der Waals surface area (Å²) < 4.78 is 0. The topological polar surface area (TPSA) is 68.4 Å². The largest absolute Gasteiger partial charge is 0.391 e. The number of aromatic amines is 1. The third-order valence-electron chi connectivity index (χ3n) is 3.49. The van der Waals surface area contributed by atoms with Crippen molar-refractivity contribution in [2.75, 3.05) is 18.4 Å². The molecule has 1 fully saturated rings. The zero-order chi connectivity index (χ0) is 13.2. The number of benzene rings is 1. The highest BCUT2D eigenvalue weighted by Gasteiger charge is 2.21. The lowest BCUT2D eigenvalue weighted by atomic mass is 10.1. The zero-order valence-corrected chi connectivity index (χ0v) is 10.6. The van der Waals surface area contributed by atoms with Crippen LogP contribution >= 0.6 is 0 Å². The van der Waals surface area contributed by atoms with Gasteiger partial charge in [-0.25, -0.2) is 4.79 Å². The van der Waals surface area contributed by atoms with Crippen LogP contribution in [0.15, 0.2) is 30.5 Å². The number of likely N-dealkylation sites (tertiary alicyclic amines) is 1. The monoisotopic (exact) mass is 259 g/mol. The van der Waals surface area contributed by atoms with Crippen LogP contribution in [0.2, 0.25) is 0 Å². The number of fused-ring (bicyclic) bond motifs is 1. The zero-order valence-electron chi connectivity index (χ0n) is 10.6. The normalized spacial score (nSPS) is 19.6. The van der Waals surface area contributed by atoms with Crippen LogP contribution < -0.4 is 5.32 Å². The molecule has 0 saturated carbocycles. The number of piperidine rings is 1. The van der Waals surface area contributed by atoms with Crippen molar-refractivity contribution in [2.24, 2.45) is 0 Å². The van der Waals surface area contributed by atoms with Gasteiger partial charge in [0.1, 0.15) is 0 Å². The number of aromatic nitrogens is 1. The predicted molar refractivity (Wildman–Crippen MR) is 74.1 cm³/mol. The lowest BCUT2D eigenvalue weighted by molar-refractivity contribution is 0.0883. The van der Waals surface area contributed by atoms with Crippen LogP contribution in [0.1, 0.15) is 12.8 Å². The van der Waals surface area contributed by atoms with E-state index < -0.39 is 6.10 Å². The summed E-state index contributed by atoms with van der Waals surface area (Å²) in [6.07, 6.45) is 3.11. The summed E-state index contributed by atoms with van der Waals surface area (Å²) in [6, 6.07) is 7.57. The molecule has 2 amide bonds. The fourth-order valence-corrected chi connectivity index (χ4v) is 2.47. The van der Waals surface area contributed by atoms with Crippen molar-refractivity contribution >= 4 is 22.6 Å². The van der Waals surface area contributed by atoms with E-state index in [2.05, 4.69) is 10.3 Å². The Morgan fingerprint density at radius 3 is 3.16 bits per heavy atom. The number of H-pyrrole nitrogens is 1. The second-order valence-corrected chi connectivity index (χ2v) is 4.95. The van der Waals surface area contributed by atoms with Crippen molar-refractivity contribution in [3.8, 4) is 0 Å². The van der Waals surface area contributed by atoms with E-state index >= 15 is 0 Å². The van der Waals surface area contributed by atoms with Crippen LogP contribution in [0.25, 0.3) is 10.9 Å². The van der Waals surface area contributed by atoms with Gasteiger partial charge < -0.3 is 20.3 Å². The van der Waals surface area contributed by atoms with Gasteiger partial charge in [0, 0.05) is 35.9 Å². The van der Waals surface area contributed by atoms with E-state index in [-0.39, 0.29) is 6.03 Å². The minimum atomic E-state index is -0.397. The molecule has 0 bridgehead atoms. The molecule has 3 rings (SSSR count). The number of nitrogens with zero attached hydrogens (tertiary/aromatic N) is 1. The van der Waals surface area contributed by atoms with E-state index in [4.69, 9.17) is 0 Å². The van der Waals surface area contributed by atoms with Crippen LogP contribution in [0.3, 0.4) is 0 Å². The molecule has 0 spiro atoms. The molecule has 100 valence electrons. The van der Waals surface area contributed by atoms with E-state index in [0.29, 0.717) is 13.1 Å². The molecule has 19 heavy (non-hydrogen) atoms. The van der Waals surface area contributed by atoms with Gasteiger partial charge in [-0.1, -0.05) is 0 Å². The summed E-state index contributed by atoms with van der Waals surface area (Å²) in [5, 5.41) is 13.5. The first-order valence-electron chi connectivity index (χ1n) is 6.53. The van der Waals surface area contributed by atoms with Crippen molar-refractivity contribution in [3.63, 3.8) is 0 Å². The first kappa shape index (κ1) is 12.0. The number of hydrogen-bond acceptors (Lipinski definition) is 2. The highest BCUT2D eigenvalue weighted by atomic mass is 16.3. The smallest absolute Gasteiger partial charge is 0.321 e. The van der Waals surface area contributed by atoms with Gasteiger partial charge in [-0.2, -0.15) is 0 Å². The number of anilines is 1. The van der Waals surface area contributed by atoms with Crippen molar-refractivity contribution in [1.29, 1.82) is 0 Å². The Balaban J connectivity index is 1.71. The molecule has 1 aromatic heterocycles. The maximum atomic E-state index is 12.1. The molecule has 1 atom stereocenters. The molecule has 1 saturated heterocycles. The first-order chi connectivity index (χ1) is 9.22. The van der Waals surface area contributed by atoms with Gasteiger partial charge in [0.25, 0.3) is 0 Å². The number of urea groups is 1. The summed E-state index contributed by atoms with van der Waals surface area (Å²) in [5.74, 6) is 0. The summed E-state index contributed by atoms with van der Waals surface area (Å²) in [5.41, 5.74) is 1.82. The Bertz CT molecular complexity index is 593. The van der Waals surface area contributed by atoms with Crippen molar-refractivity contribution < 1.29 is 9.90 Å². The average Bonchev–Trinajstić information content (AvgIpc) is 2.86. The van der Waals surface area contributed by atoms with Gasteiger partial charge in [0.05, 0.1) is 6.10 Å². The number of aliphatic hydroxyl groups is 1. The summed E-state index contributed by atoms with van der Waals surface area (Å²) >= 11 is 0. The number of amides is 2. The molecule has 0 radical (unpaired) electrons. The minimum Gasteiger partial charge on any atom is -0.391 e. The Morgan fingerprint density at radius 2 is 2.32 bits per heavy atom. The number of β-amino-alcohol motifs (C(OH)–C–C–N with tert-alkyl or cyclic N) is 1. The number of aliphatic hydroxyl groups excluding tert-OH is 1. The van der Waals surface area contributed by atoms with Gasteiger partial charge >= 0.3 is 6.03 Å². The van der Waals surface area contributed by atoms with Gasteiger partial charge in [-0.05, 0) is 37.1 Å². The Labute approximate surface area is 111 Å². The average molecular weight is 259 g/mol. The van der Waals surface area contributed by atoms with Crippen molar-refractivity contribution in [2.45, 2.75) is 18.9 Å². The lowest BCUT2D eigenvalue weighted by Crippen LogP contribution is -2.44. The SMILES string of the molecule is O=C(Nc1ccc2[nH]ccc2c1)N1CCCC(O)C1. The molecule has 1 unspecified atom stereocenters. The lowest BCUT2D eigenvalue weighted by Gasteiger charge is -2.30. The summed E-state index contributed by atoms with van der Waals surface area (Å²) in [6.45, 7) is 1.12. The fourth-order valence-electron chi connectivity index (χ4n) is 2.47. The predicted octanol–water partition coefficient (Wildman–Crippen LogP) is 2.16. The standard InChI is InChI=1S/C14H17N3O2/c18-12-2-1-7-17(9-12)14(19)16-11-3-4-13-10(8-11)5-6-15-13/h3-6,8,12,15,18H,1-2,7,9H2,(H,16,19). The molecule has 1 aliphatic rings. The van der Waals surface area contributed by atoms with E-state index in [1.54, 1.807) is 4.90 Å². The Hall–Kier alpha value is -2.01. The second kappa shape index (κ2) is 4.93. The summed E-state index contributed by atoms with van der Waals surface area (Å²) in [4.78, 5) is 16.9. The van der Waals surface area contributed by atoms with E-state index in [1.807, 2.05) is 30.5 Å². The number of rotatable bonds is 1. The number of nitrogens with one attached hydrogen (secondary N) is 2. The van der Waals surface area contributed by atoms with Crippen LogP contribution in [0, 0.1) is 0 Å². The van der Waals surface area contributed by atoms with Gasteiger partial charge in [0.15, 0.2) is 0 Å². The fraction of sp³-hybridized carbons (Fsp3) is 0.357. The van der Waals surface area contributed by atoms with Crippen molar-refractivity contribution in [1.82, 2.24) is 9.88 Å². The third-order valence-corrected chi connectivity index (χ3v) is 3.49. The van der Waals surface area contributed by atoms with E-state index in [0.717, 1.165) is 29.4 Å². The molecule has 1 aliphatic heterocycles. The third kappa shape index (κ3) is 2.56. The molecule has 0 aliphatic carbocycles. The van der Waals surface area contributed by atoms with Gasteiger partial charge in [0.2, 0.25) is 0 Å². The molecule has 1 aromatic carbocycles. The van der Waals surface area contributed by atoms with Crippen LogP contribution in [-0.4, -0.2) is 40.2 Å². The maximum absolute atomic E-state index is 12.1. The molecule has 3 N–H and O–H groups in total. The number of carbonyl (C=O) groups is 1. The number of hydrogen-bond donors (Lipinski definition) is 3. The highest BCUT2D eigenvalue weighted by molar-refractivity contribution is 5.92. The quantitative estimate of drug-likeness (QED) is 0.734. The van der Waals surface area contributed by atoms with E-state index in [9.17, 15) is 9.90 Å². The molecule has 2 aromatic rings. The molecular weight excluding hydrogens is 242 g/mol. The molecule has 5 heteroatoms. The second-order valence-electron chi connectivity index (χ2n) is 4.95. The van der Waals surface area contributed by atoms with E-state index in [1.165, 1.54) is 0 Å². The Morgan fingerprint density at radius 1 is 1.42 bits per heavy atom. The van der Waals surface area contributed by atoms with Gasteiger partial charge in [-0.15, -0.1) is 0 Å². The Kier molecular flexibility index (Phi) is 3.13. The molecule has 5 nitrogen and oxygen atoms in total.